The van der Waals surface area contributed by atoms with Crippen LogP contribution in [0.25, 0.3) is 0 Å². The highest BCUT2D eigenvalue weighted by atomic mass is 19.3. The molecule has 0 saturated carbocycles. The number of pyridine rings is 1. The Labute approximate surface area is 74.0 Å². The van der Waals surface area contributed by atoms with Crippen LogP contribution in [-0.4, -0.2) is 17.2 Å². The third-order valence-corrected chi connectivity index (χ3v) is 1.62. The first-order valence-electron chi connectivity index (χ1n) is 3.59. The molecule has 1 aromatic rings. The zero-order valence-corrected chi connectivity index (χ0v) is 7.21. The largest absolute Gasteiger partial charge is 0.506 e. The van der Waals surface area contributed by atoms with Crippen LogP contribution >= 0.6 is 0 Å². The van der Waals surface area contributed by atoms with Crippen molar-refractivity contribution in [2.45, 2.75) is 13.3 Å². The molecule has 0 unspecified atom stereocenters. The summed E-state index contributed by atoms with van der Waals surface area (Å²) in [6.07, 6.45) is -2.73. The van der Waals surface area contributed by atoms with E-state index in [9.17, 15) is 13.9 Å². The van der Waals surface area contributed by atoms with Crippen molar-refractivity contribution in [2.75, 3.05) is 7.11 Å². The summed E-state index contributed by atoms with van der Waals surface area (Å²) in [7, 11) is 1.33. The maximum absolute atomic E-state index is 12.3. The molecule has 0 saturated heterocycles. The number of aromatic hydroxyl groups is 1. The third-order valence-electron chi connectivity index (χ3n) is 1.62. The molecular weight excluding hydrogens is 180 g/mol. The van der Waals surface area contributed by atoms with Crippen molar-refractivity contribution in [3.05, 3.63) is 17.3 Å². The summed E-state index contributed by atoms with van der Waals surface area (Å²) in [6.45, 7) is 1.43. The molecule has 0 spiro atoms. The zero-order chi connectivity index (χ0) is 10.0. The van der Waals surface area contributed by atoms with Crippen LogP contribution in [0.1, 0.15) is 17.7 Å². The van der Waals surface area contributed by atoms with Gasteiger partial charge < -0.3 is 9.84 Å². The van der Waals surface area contributed by atoms with E-state index in [-0.39, 0.29) is 11.6 Å². The average molecular weight is 189 g/mol. The number of methoxy groups -OCH3 is 1. The first-order valence-corrected chi connectivity index (χ1v) is 3.59. The molecule has 1 heterocycles. The minimum atomic E-state index is -2.73. The first kappa shape index (κ1) is 9.70. The number of hydrogen-bond acceptors (Lipinski definition) is 3. The molecule has 0 aliphatic carbocycles. The molecule has 5 heteroatoms. The lowest BCUT2D eigenvalue weighted by Crippen LogP contribution is -1.95. The van der Waals surface area contributed by atoms with Crippen LogP contribution in [0, 0.1) is 6.92 Å². The molecule has 0 radical (unpaired) electrons. The van der Waals surface area contributed by atoms with Gasteiger partial charge in [0, 0.05) is 6.07 Å². The number of alkyl halides is 2. The first-order chi connectivity index (χ1) is 6.06. The summed E-state index contributed by atoms with van der Waals surface area (Å²) in [6, 6.07) is 1.02. The lowest BCUT2D eigenvalue weighted by molar-refractivity contribution is 0.146. The van der Waals surface area contributed by atoms with E-state index in [1.165, 1.54) is 14.0 Å². The van der Waals surface area contributed by atoms with Crippen molar-refractivity contribution in [2.24, 2.45) is 0 Å². The van der Waals surface area contributed by atoms with E-state index >= 15 is 0 Å². The molecule has 0 aliphatic rings. The van der Waals surface area contributed by atoms with E-state index in [0.717, 1.165) is 6.07 Å². The maximum atomic E-state index is 12.3. The summed E-state index contributed by atoms with van der Waals surface area (Å²) in [5.74, 6) is -0.401. The second-order valence-corrected chi connectivity index (χ2v) is 2.49. The minimum Gasteiger partial charge on any atom is -0.506 e. The van der Waals surface area contributed by atoms with E-state index in [0.29, 0.717) is 0 Å². The van der Waals surface area contributed by atoms with Crippen LogP contribution in [0.4, 0.5) is 8.78 Å². The lowest BCUT2D eigenvalue weighted by atomic mass is 10.2. The van der Waals surface area contributed by atoms with Crippen LogP contribution < -0.4 is 4.74 Å². The third kappa shape index (κ3) is 1.85. The number of ether oxygens (including phenoxy) is 1. The summed E-state index contributed by atoms with van der Waals surface area (Å²) >= 11 is 0. The van der Waals surface area contributed by atoms with Gasteiger partial charge in [0.25, 0.3) is 6.43 Å². The standard InChI is InChI=1S/C8H9F2NO2/c1-4-7(12)5(8(9)10)3-6(11-4)13-2/h3,8,12H,1-2H3. The molecule has 0 aliphatic heterocycles. The number of aryl methyl sites for hydroxylation is 1. The van der Waals surface area contributed by atoms with E-state index < -0.39 is 17.7 Å². The normalized spacial score (nSPS) is 10.5. The van der Waals surface area contributed by atoms with E-state index in [1.807, 2.05) is 0 Å². The average Bonchev–Trinajstić information content (AvgIpc) is 2.09. The van der Waals surface area contributed by atoms with Crippen molar-refractivity contribution < 1.29 is 18.6 Å². The monoisotopic (exact) mass is 189 g/mol. The molecule has 1 rings (SSSR count). The van der Waals surface area contributed by atoms with Crippen molar-refractivity contribution in [3.63, 3.8) is 0 Å². The Morgan fingerprint density at radius 3 is 2.62 bits per heavy atom. The van der Waals surface area contributed by atoms with Crippen molar-refractivity contribution in [3.8, 4) is 11.6 Å². The fourth-order valence-electron chi connectivity index (χ4n) is 0.932. The Balaban J connectivity index is 3.25. The van der Waals surface area contributed by atoms with E-state index in [2.05, 4.69) is 9.72 Å². The maximum Gasteiger partial charge on any atom is 0.267 e. The van der Waals surface area contributed by atoms with Crippen LogP contribution in [0.3, 0.4) is 0 Å². The fourth-order valence-corrected chi connectivity index (χ4v) is 0.932. The molecule has 13 heavy (non-hydrogen) atoms. The topological polar surface area (TPSA) is 42.4 Å². The van der Waals surface area contributed by atoms with Gasteiger partial charge in [-0.2, -0.15) is 0 Å². The molecule has 0 fully saturated rings. The number of hydrogen-bond donors (Lipinski definition) is 1. The van der Waals surface area contributed by atoms with Gasteiger partial charge in [0.05, 0.1) is 18.4 Å². The Morgan fingerprint density at radius 2 is 2.15 bits per heavy atom. The summed E-state index contributed by atoms with van der Waals surface area (Å²) in [5, 5.41) is 9.19. The highest BCUT2D eigenvalue weighted by molar-refractivity contribution is 5.39. The molecule has 1 aromatic heterocycles. The fraction of sp³-hybridized carbons (Fsp3) is 0.375. The second kappa shape index (κ2) is 3.55. The smallest absolute Gasteiger partial charge is 0.267 e. The SMILES string of the molecule is COc1cc(C(F)F)c(O)c(C)n1. The Bertz CT molecular complexity index is 315. The van der Waals surface area contributed by atoms with Crippen LogP contribution in [0.5, 0.6) is 11.6 Å². The molecule has 3 nitrogen and oxygen atoms in total. The van der Waals surface area contributed by atoms with Crippen LogP contribution in [0.2, 0.25) is 0 Å². The van der Waals surface area contributed by atoms with Gasteiger partial charge >= 0.3 is 0 Å². The van der Waals surface area contributed by atoms with Gasteiger partial charge in [0.2, 0.25) is 5.88 Å². The second-order valence-electron chi connectivity index (χ2n) is 2.49. The molecule has 1 N–H and O–H groups in total. The quantitative estimate of drug-likeness (QED) is 0.774. The molecule has 0 atom stereocenters. The van der Waals surface area contributed by atoms with Gasteiger partial charge in [-0.15, -0.1) is 0 Å². The number of rotatable bonds is 2. The van der Waals surface area contributed by atoms with Gasteiger partial charge in [-0.25, -0.2) is 13.8 Å². The van der Waals surface area contributed by atoms with Gasteiger partial charge in [-0.3, -0.25) is 0 Å². The summed E-state index contributed by atoms with van der Waals surface area (Å²) in [5.41, 5.74) is -0.320. The summed E-state index contributed by atoms with van der Waals surface area (Å²) in [4.78, 5) is 3.73. The van der Waals surface area contributed by atoms with Gasteiger partial charge in [0.1, 0.15) is 5.75 Å². The van der Waals surface area contributed by atoms with Gasteiger partial charge in [-0.05, 0) is 6.92 Å². The van der Waals surface area contributed by atoms with Crippen molar-refractivity contribution in [1.82, 2.24) is 4.98 Å². The molecule has 72 valence electrons. The van der Waals surface area contributed by atoms with E-state index in [1.54, 1.807) is 0 Å². The van der Waals surface area contributed by atoms with Gasteiger partial charge in [0.15, 0.2) is 0 Å². The van der Waals surface area contributed by atoms with E-state index in [4.69, 9.17) is 0 Å². The Morgan fingerprint density at radius 1 is 1.54 bits per heavy atom. The molecular formula is C8H9F2NO2. The lowest BCUT2D eigenvalue weighted by Gasteiger charge is -2.07. The predicted octanol–water partition coefficient (Wildman–Crippen LogP) is 2.04. The zero-order valence-electron chi connectivity index (χ0n) is 7.21. The Hall–Kier alpha value is -1.39. The van der Waals surface area contributed by atoms with Crippen molar-refractivity contribution >= 4 is 0 Å². The highest BCUT2D eigenvalue weighted by Gasteiger charge is 2.16. The van der Waals surface area contributed by atoms with Crippen molar-refractivity contribution in [1.29, 1.82) is 0 Å². The molecule has 0 bridgehead atoms. The number of aromatic nitrogens is 1. The molecule has 0 amide bonds. The minimum absolute atomic E-state index is 0.0746. The Kier molecular flexibility index (Phi) is 2.65. The predicted molar refractivity (Wildman–Crippen MR) is 42.1 cm³/mol. The van der Waals surface area contributed by atoms with Crippen LogP contribution in [-0.2, 0) is 0 Å². The highest BCUT2D eigenvalue weighted by Crippen LogP contribution is 2.32. The van der Waals surface area contributed by atoms with Crippen LogP contribution in [0.15, 0.2) is 6.07 Å². The number of halogens is 2. The summed E-state index contributed by atoms with van der Waals surface area (Å²) < 4.78 is 29.2. The molecule has 0 aromatic carbocycles. The number of nitrogens with zero attached hydrogens (tertiary/aromatic N) is 1. The van der Waals surface area contributed by atoms with Gasteiger partial charge in [-0.1, -0.05) is 0 Å².